The molecule has 142 valence electrons. The quantitative estimate of drug-likeness (QED) is 0.641. The van der Waals surface area contributed by atoms with Crippen molar-refractivity contribution in [1.29, 1.82) is 0 Å². The van der Waals surface area contributed by atoms with Crippen molar-refractivity contribution in [3.05, 3.63) is 48.2 Å². The number of ether oxygens (including phenoxy) is 1. The van der Waals surface area contributed by atoms with E-state index in [1.807, 2.05) is 19.0 Å². The molecule has 6 heteroatoms. The third kappa shape index (κ3) is 5.06. The summed E-state index contributed by atoms with van der Waals surface area (Å²) in [6, 6.07) is 10.3. The molecule has 0 bridgehead atoms. The summed E-state index contributed by atoms with van der Waals surface area (Å²) >= 11 is 0. The van der Waals surface area contributed by atoms with Crippen molar-refractivity contribution in [2.24, 2.45) is 5.92 Å². The first kappa shape index (κ1) is 18.9. The van der Waals surface area contributed by atoms with Gasteiger partial charge in [0.05, 0.1) is 5.56 Å². The normalized spacial score (nSPS) is 14.4. The number of rotatable bonds is 5. The first-order chi connectivity index (χ1) is 13.0. The molecule has 1 amide bonds. The highest BCUT2D eigenvalue weighted by Gasteiger charge is 2.21. The number of anilines is 2. The number of pyridine rings is 1. The third-order valence-corrected chi connectivity index (χ3v) is 4.75. The molecule has 0 aliphatic heterocycles. The molecular weight excluding hydrogens is 342 g/mol. The summed E-state index contributed by atoms with van der Waals surface area (Å²) in [5.74, 6) is 0.907. The first-order valence-electron chi connectivity index (χ1n) is 9.29. The largest absolute Gasteiger partial charge is 0.423 e. The Bertz CT molecular complexity index is 779. The maximum atomic E-state index is 12.3. The van der Waals surface area contributed by atoms with E-state index in [4.69, 9.17) is 4.74 Å². The van der Waals surface area contributed by atoms with Gasteiger partial charge in [-0.3, -0.25) is 4.79 Å². The Kier molecular flexibility index (Phi) is 6.06. The topological polar surface area (TPSA) is 71.5 Å². The van der Waals surface area contributed by atoms with Gasteiger partial charge in [-0.05, 0) is 49.2 Å². The van der Waals surface area contributed by atoms with E-state index in [1.54, 1.807) is 36.4 Å². The van der Waals surface area contributed by atoms with Crippen LogP contribution in [0, 0.1) is 5.92 Å². The van der Waals surface area contributed by atoms with E-state index >= 15 is 0 Å². The molecule has 0 saturated heterocycles. The molecule has 1 saturated carbocycles. The minimum absolute atomic E-state index is 0.0755. The first-order valence-corrected chi connectivity index (χ1v) is 9.29. The minimum Gasteiger partial charge on any atom is -0.423 e. The van der Waals surface area contributed by atoms with Gasteiger partial charge in [0.1, 0.15) is 11.6 Å². The van der Waals surface area contributed by atoms with Gasteiger partial charge in [0, 0.05) is 31.9 Å². The van der Waals surface area contributed by atoms with E-state index in [2.05, 4.69) is 10.3 Å². The second-order valence-electron chi connectivity index (χ2n) is 7.04. The minimum atomic E-state index is -0.466. The van der Waals surface area contributed by atoms with Crippen LogP contribution in [0.1, 0.15) is 42.5 Å². The van der Waals surface area contributed by atoms with Crippen molar-refractivity contribution in [1.82, 2.24) is 4.98 Å². The predicted molar refractivity (Wildman–Crippen MR) is 105 cm³/mol. The number of hydrogen-bond donors (Lipinski definition) is 1. The lowest BCUT2D eigenvalue weighted by atomic mass is 9.88. The molecule has 1 aromatic heterocycles. The van der Waals surface area contributed by atoms with E-state index < -0.39 is 5.97 Å². The van der Waals surface area contributed by atoms with Crippen LogP contribution in [0.25, 0.3) is 0 Å². The van der Waals surface area contributed by atoms with Crippen LogP contribution in [-0.4, -0.2) is 31.0 Å². The molecule has 1 aliphatic carbocycles. The van der Waals surface area contributed by atoms with E-state index in [1.165, 1.54) is 12.6 Å². The van der Waals surface area contributed by atoms with Crippen LogP contribution in [0.15, 0.2) is 42.6 Å². The van der Waals surface area contributed by atoms with E-state index in [-0.39, 0.29) is 11.8 Å². The summed E-state index contributed by atoms with van der Waals surface area (Å²) in [5, 5.41) is 2.95. The zero-order valence-electron chi connectivity index (χ0n) is 15.8. The Hall–Kier alpha value is -2.89. The molecule has 0 atom stereocenters. The average Bonchev–Trinajstić information content (AvgIpc) is 2.70. The van der Waals surface area contributed by atoms with Crippen LogP contribution in [-0.2, 0) is 4.79 Å². The molecule has 1 aliphatic rings. The number of esters is 1. The molecular formula is C21H25N3O3. The van der Waals surface area contributed by atoms with Crippen LogP contribution in [0.3, 0.4) is 0 Å². The van der Waals surface area contributed by atoms with Gasteiger partial charge in [-0.25, -0.2) is 9.78 Å². The molecule has 1 heterocycles. The van der Waals surface area contributed by atoms with Crippen molar-refractivity contribution in [3.8, 4) is 5.75 Å². The highest BCUT2D eigenvalue weighted by Crippen LogP contribution is 2.25. The highest BCUT2D eigenvalue weighted by molar-refractivity contribution is 5.93. The lowest BCUT2D eigenvalue weighted by molar-refractivity contribution is -0.120. The Morgan fingerprint density at radius 2 is 1.74 bits per heavy atom. The Balaban J connectivity index is 1.56. The Morgan fingerprint density at radius 3 is 2.33 bits per heavy atom. The molecule has 1 N–H and O–H groups in total. The fourth-order valence-corrected chi connectivity index (χ4v) is 3.15. The average molecular weight is 367 g/mol. The lowest BCUT2D eigenvalue weighted by Gasteiger charge is -2.20. The van der Waals surface area contributed by atoms with Gasteiger partial charge in [0.2, 0.25) is 5.91 Å². The second kappa shape index (κ2) is 8.66. The summed E-state index contributed by atoms with van der Waals surface area (Å²) in [7, 11) is 3.77. The summed E-state index contributed by atoms with van der Waals surface area (Å²) in [6.07, 6.45) is 6.88. The van der Waals surface area contributed by atoms with Crippen LogP contribution in [0.2, 0.25) is 0 Å². The second-order valence-corrected chi connectivity index (χ2v) is 7.04. The van der Waals surface area contributed by atoms with Crippen molar-refractivity contribution in [3.63, 3.8) is 0 Å². The Labute approximate surface area is 159 Å². The van der Waals surface area contributed by atoms with Gasteiger partial charge in [0.15, 0.2) is 0 Å². The van der Waals surface area contributed by atoms with E-state index in [0.717, 1.165) is 31.5 Å². The number of nitrogens with one attached hydrogen (secondary N) is 1. The highest BCUT2D eigenvalue weighted by atomic mass is 16.5. The molecule has 0 radical (unpaired) electrons. The number of amides is 1. The van der Waals surface area contributed by atoms with Crippen LogP contribution in [0.4, 0.5) is 11.5 Å². The fourth-order valence-electron chi connectivity index (χ4n) is 3.15. The molecule has 0 spiro atoms. The van der Waals surface area contributed by atoms with Crippen molar-refractivity contribution in [2.75, 3.05) is 24.3 Å². The number of nitrogens with zero attached hydrogens (tertiary/aromatic N) is 2. The van der Waals surface area contributed by atoms with E-state index in [0.29, 0.717) is 17.0 Å². The van der Waals surface area contributed by atoms with Gasteiger partial charge in [0.25, 0.3) is 0 Å². The molecule has 27 heavy (non-hydrogen) atoms. The number of carbonyl (C=O) groups is 2. The summed E-state index contributed by atoms with van der Waals surface area (Å²) in [6.45, 7) is 0. The maximum Gasteiger partial charge on any atom is 0.345 e. The van der Waals surface area contributed by atoms with Crippen LogP contribution >= 0.6 is 0 Å². The number of aromatic nitrogens is 1. The Morgan fingerprint density at radius 1 is 1.04 bits per heavy atom. The summed E-state index contributed by atoms with van der Waals surface area (Å²) in [5.41, 5.74) is 1.10. The predicted octanol–water partition coefficient (Wildman–Crippen LogP) is 3.89. The zero-order chi connectivity index (χ0) is 19.2. The molecule has 3 rings (SSSR count). The summed E-state index contributed by atoms with van der Waals surface area (Å²) < 4.78 is 5.37. The SMILES string of the molecule is CN(C)c1ccc(C(=O)Oc2ccc(NC(=O)C3CCCCC3)cc2)cn1. The van der Waals surface area contributed by atoms with Crippen molar-refractivity contribution >= 4 is 23.4 Å². The molecule has 1 fully saturated rings. The van der Waals surface area contributed by atoms with Gasteiger partial charge in [-0.15, -0.1) is 0 Å². The lowest BCUT2D eigenvalue weighted by Crippen LogP contribution is -2.24. The number of carbonyl (C=O) groups excluding carboxylic acids is 2. The smallest absolute Gasteiger partial charge is 0.345 e. The molecule has 0 unspecified atom stereocenters. The third-order valence-electron chi connectivity index (χ3n) is 4.75. The summed E-state index contributed by atoms with van der Waals surface area (Å²) in [4.78, 5) is 30.6. The number of benzene rings is 1. The fraction of sp³-hybridized carbons (Fsp3) is 0.381. The van der Waals surface area contributed by atoms with Crippen LogP contribution in [0.5, 0.6) is 5.75 Å². The van der Waals surface area contributed by atoms with Gasteiger partial charge in [-0.1, -0.05) is 19.3 Å². The monoisotopic (exact) mass is 367 g/mol. The van der Waals surface area contributed by atoms with Crippen molar-refractivity contribution in [2.45, 2.75) is 32.1 Å². The standard InChI is InChI=1S/C21H25N3O3/c1-24(2)19-13-8-16(14-22-19)21(26)27-18-11-9-17(10-12-18)23-20(25)15-6-4-3-5-7-15/h8-15H,3-7H2,1-2H3,(H,23,25). The molecule has 1 aromatic carbocycles. The van der Waals surface area contributed by atoms with Gasteiger partial charge >= 0.3 is 5.97 Å². The number of hydrogen-bond acceptors (Lipinski definition) is 5. The zero-order valence-corrected chi connectivity index (χ0v) is 15.8. The molecule has 2 aromatic rings. The van der Waals surface area contributed by atoms with Crippen molar-refractivity contribution < 1.29 is 14.3 Å². The van der Waals surface area contributed by atoms with E-state index in [9.17, 15) is 9.59 Å². The van der Waals surface area contributed by atoms with Gasteiger partial charge in [-0.2, -0.15) is 0 Å². The molecule has 6 nitrogen and oxygen atoms in total. The van der Waals surface area contributed by atoms with Gasteiger partial charge < -0.3 is 15.0 Å². The maximum absolute atomic E-state index is 12.3. The van der Waals surface area contributed by atoms with Crippen LogP contribution < -0.4 is 15.0 Å².